The third-order valence-corrected chi connectivity index (χ3v) is 2.66. The highest BCUT2D eigenvalue weighted by Crippen LogP contribution is 2.27. The average molecular weight is 320 g/mol. The molecule has 1 saturated heterocycles. The molecule has 10 nitrogen and oxygen atoms in total. The molecule has 0 bridgehead atoms. The lowest BCUT2D eigenvalue weighted by molar-refractivity contribution is -0.289. The number of carboxylic acid groups (broad SMARTS) is 1. The van der Waals surface area contributed by atoms with Crippen LogP contribution in [0.25, 0.3) is 0 Å². The van der Waals surface area contributed by atoms with Gasteiger partial charge in [-0.1, -0.05) is 0 Å². The van der Waals surface area contributed by atoms with E-state index in [0.717, 1.165) is 20.8 Å². The summed E-state index contributed by atoms with van der Waals surface area (Å²) < 4.78 is 19.3. The molecule has 0 amide bonds. The van der Waals surface area contributed by atoms with Crippen molar-refractivity contribution in [1.29, 1.82) is 0 Å². The highest BCUT2D eigenvalue weighted by atomic mass is 16.7. The summed E-state index contributed by atoms with van der Waals surface area (Å²) in [6.07, 6.45) is -8.33. The number of aliphatic hydroxyl groups is 1. The van der Waals surface area contributed by atoms with Gasteiger partial charge in [0.1, 0.15) is 0 Å². The molecule has 5 unspecified atom stereocenters. The molecule has 0 saturated carbocycles. The Kier molecular flexibility index (Phi) is 5.83. The van der Waals surface area contributed by atoms with Crippen LogP contribution in [0.2, 0.25) is 0 Å². The number of ether oxygens (including phenoxy) is 4. The Morgan fingerprint density at radius 3 is 1.64 bits per heavy atom. The van der Waals surface area contributed by atoms with E-state index in [1.165, 1.54) is 0 Å². The van der Waals surface area contributed by atoms with Crippen molar-refractivity contribution in [3.63, 3.8) is 0 Å². The maximum atomic E-state index is 11.2. The molecule has 1 fully saturated rings. The molecule has 0 radical (unpaired) electrons. The molecule has 0 spiro atoms. The fourth-order valence-corrected chi connectivity index (χ4v) is 1.99. The van der Waals surface area contributed by atoms with E-state index in [1.54, 1.807) is 0 Å². The van der Waals surface area contributed by atoms with Gasteiger partial charge in [-0.25, -0.2) is 4.79 Å². The largest absolute Gasteiger partial charge is 0.479 e. The zero-order valence-electron chi connectivity index (χ0n) is 12.0. The summed E-state index contributed by atoms with van der Waals surface area (Å²) in [6.45, 7) is 3.06. The van der Waals surface area contributed by atoms with Crippen molar-refractivity contribution in [3.8, 4) is 0 Å². The van der Waals surface area contributed by atoms with Crippen LogP contribution in [0.5, 0.6) is 0 Å². The third-order valence-electron chi connectivity index (χ3n) is 2.66. The lowest BCUT2D eigenvalue weighted by Gasteiger charge is -2.41. The first-order valence-corrected chi connectivity index (χ1v) is 6.21. The van der Waals surface area contributed by atoms with Gasteiger partial charge in [-0.05, 0) is 0 Å². The minimum atomic E-state index is -1.87. The van der Waals surface area contributed by atoms with E-state index in [-0.39, 0.29) is 0 Å². The summed E-state index contributed by atoms with van der Waals surface area (Å²) >= 11 is 0. The first kappa shape index (κ1) is 17.9. The zero-order chi connectivity index (χ0) is 17.0. The number of rotatable bonds is 4. The Morgan fingerprint density at radius 1 is 0.818 bits per heavy atom. The van der Waals surface area contributed by atoms with Crippen LogP contribution in [0, 0.1) is 0 Å². The second-order valence-electron chi connectivity index (χ2n) is 4.51. The molecule has 1 rings (SSSR count). The molecule has 10 heteroatoms. The van der Waals surface area contributed by atoms with E-state index in [1.807, 2.05) is 0 Å². The molecule has 0 aromatic carbocycles. The van der Waals surface area contributed by atoms with Crippen molar-refractivity contribution in [2.45, 2.75) is 51.5 Å². The maximum absolute atomic E-state index is 11.2. The molecule has 22 heavy (non-hydrogen) atoms. The number of hydrogen-bond donors (Lipinski definition) is 2. The molecule has 124 valence electrons. The Balaban J connectivity index is 3.18. The predicted octanol–water partition coefficient (Wildman–Crippen LogP) is -1.42. The fourth-order valence-electron chi connectivity index (χ4n) is 1.99. The van der Waals surface area contributed by atoms with Gasteiger partial charge < -0.3 is 29.2 Å². The van der Waals surface area contributed by atoms with E-state index < -0.39 is 54.6 Å². The van der Waals surface area contributed by atoms with E-state index in [0.29, 0.717) is 0 Å². The maximum Gasteiger partial charge on any atom is 0.337 e. The second-order valence-corrected chi connectivity index (χ2v) is 4.51. The number of hydrogen-bond acceptors (Lipinski definition) is 9. The summed E-state index contributed by atoms with van der Waals surface area (Å²) in [5, 5.41) is 18.9. The third kappa shape index (κ3) is 4.40. The number of carboxylic acids is 1. The van der Waals surface area contributed by atoms with Gasteiger partial charge in [-0.2, -0.15) is 0 Å². The minimum absolute atomic E-state index is 0.833. The van der Waals surface area contributed by atoms with Crippen LogP contribution in [0.4, 0.5) is 0 Å². The highest BCUT2D eigenvalue weighted by Gasteiger charge is 2.53. The Morgan fingerprint density at radius 2 is 1.23 bits per heavy atom. The lowest BCUT2D eigenvalue weighted by Crippen LogP contribution is -2.63. The smallest absolute Gasteiger partial charge is 0.337 e. The average Bonchev–Trinajstić information content (AvgIpc) is 2.34. The summed E-state index contributed by atoms with van der Waals surface area (Å²) in [7, 11) is 0. The van der Waals surface area contributed by atoms with Gasteiger partial charge in [0.05, 0.1) is 0 Å². The molecule has 5 atom stereocenters. The lowest BCUT2D eigenvalue weighted by atomic mass is 9.98. The van der Waals surface area contributed by atoms with Crippen LogP contribution in [0.1, 0.15) is 20.8 Å². The van der Waals surface area contributed by atoms with Crippen LogP contribution in [0.3, 0.4) is 0 Å². The van der Waals surface area contributed by atoms with E-state index in [9.17, 15) is 24.3 Å². The normalized spacial score (nSPS) is 31.0. The van der Waals surface area contributed by atoms with Gasteiger partial charge in [0, 0.05) is 20.8 Å². The molecule has 0 aromatic heterocycles. The molecule has 1 aliphatic rings. The SMILES string of the molecule is CC(=O)OC1C(O)OC(C(=O)O)C(OC(C)=O)C1OC(C)=O. The first-order valence-electron chi connectivity index (χ1n) is 6.21. The summed E-state index contributed by atoms with van der Waals surface area (Å²) in [4.78, 5) is 44.6. The fraction of sp³-hybridized carbons (Fsp3) is 0.667. The predicted molar refractivity (Wildman–Crippen MR) is 65.2 cm³/mol. The second kappa shape index (κ2) is 7.18. The summed E-state index contributed by atoms with van der Waals surface area (Å²) in [5.74, 6) is -4.10. The molecule has 0 aromatic rings. The van der Waals surface area contributed by atoms with Crippen molar-refractivity contribution in [1.82, 2.24) is 0 Å². The molecule has 1 aliphatic heterocycles. The van der Waals surface area contributed by atoms with Crippen LogP contribution >= 0.6 is 0 Å². The van der Waals surface area contributed by atoms with Crippen molar-refractivity contribution >= 4 is 23.9 Å². The Hall–Kier alpha value is -2.20. The molecule has 0 aliphatic carbocycles. The van der Waals surface area contributed by atoms with Crippen molar-refractivity contribution < 1.29 is 48.3 Å². The minimum Gasteiger partial charge on any atom is -0.479 e. The number of aliphatic hydroxyl groups excluding tert-OH is 1. The van der Waals surface area contributed by atoms with Gasteiger partial charge in [0.2, 0.25) is 0 Å². The van der Waals surface area contributed by atoms with Crippen LogP contribution in [-0.4, -0.2) is 64.8 Å². The van der Waals surface area contributed by atoms with E-state index in [4.69, 9.17) is 24.1 Å². The van der Waals surface area contributed by atoms with Gasteiger partial charge >= 0.3 is 23.9 Å². The molecular weight excluding hydrogens is 304 g/mol. The number of aliphatic carboxylic acids is 1. The Bertz CT molecular complexity index is 473. The number of esters is 3. The van der Waals surface area contributed by atoms with Crippen molar-refractivity contribution in [2.24, 2.45) is 0 Å². The first-order chi connectivity index (χ1) is 10.1. The van der Waals surface area contributed by atoms with Crippen molar-refractivity contribution in [2.75, 3.05) is 0 Å². The van der Waals surface area contributed by atoms with Gasteiger partial charge in [-0.15, -0.1) is 0 Å². The number of carbonyl (C=O) groups is 4. The molecule has 2 N–H and O–H groups in total. The topological polar surface area (TPSA) is 146 Å². The molecular formula is C12H16O10. The van der Waals surface area contributed by atoms with E-state index in [2.05, 4.69) is 0 Å². The highest BCUT2D eigenvalue weighted by molar-refractivity contribution is 5.75. The Labute approximate surface area is 124 Å². The standard InChI is InChI=1S/C12H16O10/c1-4(13)19-7-8(20-5(2)14)10(21-6(3)15)12(18)22-9(7)11(16)17/h7-10,12,18H,1-3H3,(H,16,17). The van der Waals surface area contributed by atoms with Gasteiger partial charge in [-0.3, -0.25) is 14.4 Å². The van der Waals surface area contributed by atoms with Crippen molar-refractivity contribution in [3.05, 3.63) is 0 Å². The van der Waals surface area contributed by atoms with E-state index >= 15 is 0 Å². The number of carbonyl (C=O) groups excluding carboxylic acids is 3. The zero-order valence-corrected chi connectivity index (χ0v) is 12.0. The summed E-state index contributed by atoms with van der Waals surface area (Å²) in [5.41, 5.74) is 0. The molecule has 1 heterocycles. The quantitative estimate of drug-likeness (QED) is 0.467. The van der Waals surface area contributed by atoms with Gasteiger partial charge in [0.25, 0.3) is 0 Å². The monoisotopic (exact) mass is 320 g/mol. The van der Waals surface area contributed by atoms with Crippen LogP contribution < -0.4 is 0 Å². The van der Waals surface area contributed by atoms with Crippen LogP contribution in [0.15, 0.2) is 0 Å². The summed E-state index contributed by atoms with van der Waals surface area (Å²) in [6, 6.07) is 0. The van der Waals surface area contributed by atoms with Crippen LogP contribution in [-0.2, 0) is 38.1 Å². The van der Waals surface area contributed by atoms with Gasteiger partial charge in [0.15, 0.2) is 30.7 Å².